The zero-order chi connectivity index (χ0) is 25.0. The van der Waals surface area contributed by atoms with Gasteiger partial charge in [0.25, 0.3) is 0 Å². The Bertz CT molecular complexity index is 758. The van der Waals surface area contributed by atoms with Crippen molar-refractivity contribution in [3.8, 4) is 6.01 Å². The van der Waals surface area contributed by atoms with E-state index in [1.54, 1.807) is 0 Å². The maximum atomic E-state index is 12.7. The summed E-state index contributed by atoms with van der Waals surface area (Å²) < 4.78 is 6.24. The fraction of sp³-hybridized carbons (Fsp3) is 0.870. The van der Waals surface area contributed by atoms with Crippen LogP contribution >= 0.6 is 0 Å². The van der Waals surface area contributed by atoms with E-state index in [0.717, 1.165) is 0 Å². The van der Waals surface area contributed by atoms with Crippen molar-refractivity contribution in [1.82, 2.24) is 25.1 Å². The summed E-state index contributed by atoms with van der Waals surface area (Å²) in [6, 6.07) is 0.277. The van der Waals surface area contributed by atoms with Crippen LogP contribution in [-0.4, -0.2) is 73.5 Å². The largest absolute Gasteiger partial charge is 0.460 e. The Morgan fingerprint density at radius 1 is 0.788 bits per heavy atom. The van der Waals surface area contributed by atoms with Gasteiger partial charge in [0, 0.05) is 55.1 Å². The van der Waals surface area contributed by atoms with Crippen molar-refractivity contribution in [1.29, 1.82) is 0 Å². The van der Waals surface area contributed by atoms with E-state index in [1.165, 1.54) is 10.1 Å². The highest BCUT2D eigenvalue weighted by Gasteiger charge is 2.48. The fourth-order valence-corrected chi connectivity index (χ4v) is 5.62. The van der Waals surface area contributed by atoms with Crippen LogP contribution in [0.4, 0.5) is 11.9 Å². The van der Waals surface area contributed by atoms with Gasteiger partial charge in [0.1, 0.15) is 6.10 Å². The topological polar surface area (TPSA) is 109 Å². The number of piperidine rings is 2. The Hall–Kier alpha value is -1.75. The number of hydrogen-bond donors (Lipinski definition) is 1. The molecule has 0 spiro atoms. The number of hydroxylamine groups is 4. The van der Waals surface area contributed by atoms with E-state index in [9.17, 15) is 10.4 Å². The zero-order valence-electron chi connectivity index (χ0n) is 21.9. The molecule has 0 unspecified atom stereocenters. The van der Waals surface area contributed by atoms with Gasteiger partial charge in [-0.2, -0.15) is 15.0 Å². The van der Waals surface area contributed by atoms with E-state index >= 15 is 0 Å². The summed E-state index contributed by atoms with van der Waals surface area (Å²) in [4.78, 5) is 15.4. The second-order valence-corrected chi connectivity index (χ2v) is 12.4. The van der Waals surface area contributed by atoms with Gasteiger partial charge in [-0.15, -0.1) is 20.5 Å². The van der Waals surface area contributed by atoms with Crippen LogP contribution in [0.25, 0.3) is 0 Å². The molecule has 0 bridgehead atoms. The van der Waals surface area contributed by atoms with Crippen molar-refractivity contribution >= 4 is 11.9 Å². The molecule has 0 aromatic carbocycles. The van der Waals surface area contributed by atoms with Crippen molar-refractivity contribution in [2.75, 3.05) is 24.3 Å². The van der Waals surface area contributed by atoms with Crippen molar-refractivity contribution < 1.29 is 15.2 Å². The van der Waals surface area contributed by atoms with Crippen LogP contribution in [0.2, 0.25) is 0 Å². The standard InChI is InChI=1S/C23H41N7O3/c1-20(2)11-15(12-21(3,4)29(20)31)24-17-25-18(28(9)10)27-19(26-17)33-16-13-22(5,6)30(32)23(7,8)14-16/h15-16H,11-14H2,1-10H3,(H,24,25,26,27). The van der Waals surface area contributed by atoms with Crippen LogP contribution in [0.15, 0.2) is 0 Å². The second-order valence-electron chi connectivity index (χ2n) is 12.4. The normalized spacial score (nSPS) is 25.6. The number of nitrogens with zero attached hydrogens (tertiary/aromatic N) is 6. The third kappa shape index (κ3) is 5.50. The lowest BCUT2D eigenvalue weighted by atomic mass is 9.79. The molecule has 2 fully saturated rings. The number of rotatable bonds is 5. The van der Waals surface area contributed by atoms with Gasteiger partial charge in [0.15, 0.2) is 0 Å². The molecular formula is C23H41N7O3. The predicted octanol–water partition coefficient (Wildman–Crippen LogP) is 3.46. The molecule has 2 radical (unpaired) electrons. The highest BCUT2D eigenvalue weighted by molar-refractivity contribution is 5.38. The number of aromatic nitrogens is 3. The lowest BCUT2D eigenvalue weighted by molar-refractivity contribution is -0.297. The third-order valence-electron chi connectivity index (χ3n) is 6.75. The molecule has 0 atom stereocenters. The van der Waals surface area contributed by atoms with Crippen LogP contribution in [0.3, 0.4) is 0 Å². The first kappa shape index (κ1) is 25.9. The molecule has 33 heavy (non-hydrogen) atoms. The summed E-state index contributed by atoms with van der Waals surface area (Å²) in [5, 5.41) is 31.2. The van der Waals surface area contributed by atoms with Crippen molar-refractivity contribution in [2.24, 2.45) is 0 Å². The molecule has 0 amide bonds. The summed E-state index contributed by atoms with van der Waals surface area (Å²) in [6.07, 6.45) is 2.31. The number of anilines is 2. The SMILES string of the molecule is CN(C)c1nc(NC2CC(C)(C)N([O])C(C)(C)C2)nc(OC2CC(C)(C)N([O])C(C)(C)C2)n1. The minimum atomic E-state index is -0.547. The van der Waals surface area contributed by atoms with Crippen LogP contribution < -0.4 is 15.0 Å². The Labute approximate surface area is 198 Å². The smallest absolute Gasteiger partial charge is 0.323 e. The van der Waals surface area contributed by atoms with Gasteiger partial charge in [0.2, 0.25) is 11.9 Å². The minimum absolute atomic E-state index is 0.0343. The minimum Gasteiger partial charge on any atom is -0.460 e. The molecule has 10 heteroatoms. The summed E-state index contributed by atoms with van der Waals surface area (Å²) in [5.41, 5.74) is -2.10. The highest BCUT2D eigenvalue weighted by Crippen LogP contribution is 2.39. The highest BCUT2D eigenvalue weighted by atomic mass is 16.5. The Balaban J connectivity index is 1.83. The monoisotopic (exact) mass is 463 g/mol. The number of hydrogen-bond acceptors (Lipinski definition) is 8. The van der Waals surface area contributed by atoms with Crippen molar-refractivity contribution in [3.05, 3.63) is 0 Å². The first-order chi connectivity index (χ1) is 14.9. The molecule has 2 saturated heterocycles. The fourth-order valence-electron chi connectivity index (χ4n) is 5.62. The van der Waals surface area contributed by atoms with Crippen molar-refractivity contribution in [3.63, 3.8) is 0 Å². The maximum Gasteiger partial charge on any atom is 0.323 e. The van der Waals surface area contributed by atoms with Crippen LogP contribution in [0.1, 0.15) is 81.1 Å². The average molecular weight is 464 g/mol. The van der Waals surface area contributed by atoms with E-state index in [0.29, 0.717) is 37.6 Å². The van der Waals surface area contributed by atoms with E-state index in [2.05, 4.69) is 20.3 Å². The summed E-state index contributed by atoms with van der Waals surface area (Å²) in [6.45, 7) is 15.6. The van der Waals surface area contributed by atoms with Gasteiger partial charge in [-0.25, -0.2) is 0 Å². The van der Waals surface area contributed by atoms with E-state index in [-0.39, 0.29) is 18.2 Å². The molecular weight excluding hydrogens is 422 g/mol. The second kappa shape index (κ2) is 8.48. The molecule has 2 aliphatic heterocycles. The molecule has 0 aliphatic carbocycles. The zero-order valence-corrected chi connectivity index (χ0v) is 21.9. The predicted molar refractivity (Wildman–Crippen MR) is 126 cm³/mol. The lowest BCUT2D eigenvalue weighted by Gasteiger charge is -2.50. The Kier molecular flexibility index (Phi) is 6.65. The average Bonchev–Trinajstić information content (AvgIpc) is 2.63. The van der Waals surface area contributed by atoms with Gasteiger partial charge >= 0.3 is 6.01 Å². The molecule has 2 aliphatic rings. The summed E-state index contributed by atoms with van der Waals surface area (Å²) >= 11 is 0. The van der Waals surface area contributed by atoms with Gasteiger partial charge in [-0.3, -0.25) is 0 Å². The Morgan fingerprint density at radius 3 is 1.70 bits per heavy atom. The third-order valence-corrected chi connectivity index (χ3v) is 6.75. The molecule has 186 valence electrons. The van der Waals surface area contributed by atoms with Gasteiger partial charge < -0.3 is 15.0 Å². The summed E-state index contributed by atoms with van der Waals surface area (Å²) in [7, 11) is 3.74. The number of nitrogens with one attached hydrogen (secondary N) is 1. The van der Waals surface area contributed by atoms with E-state index in [4.69, 9.17) is 4.74 Å². The van der Waals surface area contributed by atoms with Gasteiger partial charge in [0.05, 0.1) is 0 Å². The first-order valence-corrected chi connectivity index (χ1v) is 11.7. The molecule has 3 rings (SSSR count). The maximum absolute atomic E-state index is 12.7. The summed E-state index contributed by atoms with van der Waals surface area (Å²) in [5.74, 6) is 0.918. The lowest BCUT2D eigenvalue weighted by Crippen LogP contribution is -2.60. The number of ether oxygens (including phenoxy) is 1. The van der Waals surface area contributed by atoms with Crippen LogP contribution in [0, 0.1) is 0 Å². The Morgan fingerprint density at radius 2 is 1.24 bits per heavy atom. The van der Waals surface area contributed by atoms with Gasteiger partial charge in [-0.05, 0) is 68.2 Å². The molecule has 10 nitrogen and oxygen atoms in total. The molecule has 1 N–H and O–H groups in total. The molecule has 0 saturated carbocycles. The molecule has 3 heterocycles. The van der Waals surface area contributed by atoms with Crippen LogP contribution in [0.5, 0.6) is 6.01 Å². The van der Waals surface area contributed by atoms with Gasteiger partial charge in [-0.1, -0.05) is 0 Å². The molecule has 1 aromatic heterocycles. The van der Waals surface area contributed by atoms with E-state index in [1.807, 2.05) is 74.4 Å². The molecule has 1 aromatic rings. The van der Waals surface area contributed by atoms with E-state index < -0.39 is 22.2 Å². The van der Waals surface area contributed by atoms with Crippen LogP contribution in [-0.2, 0) is 10.4 Å². The first-order valence-electron chi connectivity index (χ1n) is 11.7. The quantitative estimate of drug-likeness (QED) is 0.707. The van der Waals surface area contributed by atoms with Crippen molar-refractivity contribution in [2.45, 2.75) is 115 Å².